The summed E-state index contributed by atoms with van der Waals surface area (Å²) in [5, 5.41) is 2.04. The maximum absolute atomic E-state index is 13.6. The molecule has 1 fully saturated rings. The maximum Gasteiger partial charge on any atom is 0.162 e. The minimum atomic E-state index is -0.547. The van der Waals surface area contributed by atoms with Gasteiger partial charge in [-0.2, -0.15) is 0 Å². The Bertz CT molecular complexity index is 592. The lowest BCUT2D eigenvalue weighted by Gasteiger charge is -2.37. The highest BCUT2D eigenvalue weighted by molar-refractivity contribution is 7.09. The molecule has 0 spiro atoms. The highest BCUT2D eigenvalue weighted by atomic mass is 32.1. The van der Waals surface area contributed by atoms with Crippen LogP contribution in [0.1, 0.15) is 17.4 Å². The normalized spacial score (nSPS) is 25.3. The molecule has 1 aliphatic heterocycles. The quantitative estimate of drug-likeness (QED) is 0.838. The summed E-state index contributed by atoms with van der Waals surface area (Å²) in [5.41, 5.74) is -0.00162. The van der Waals surface area contributed by atoms with Crippen molar-refractivity contribution in [3.8, 4) is 0 Å². The van der Waals surface area contributed by atoms with E-state index >= 15 is 0 Å². The Kier molecular flexibility index (Phi) is 4.88. The van der Waals surface area contributed by atoms with E-state index in [2.05, 4.69) is 6.07 Å². The first kappa shape index (κ1) is 15.6. The maximum atomic E-state index is 13.6. The van der Waals surface area contributed by atoms with Crippen molar-refractivity contribution in [3.05, 3.63) is 58.0 Å². The van der Waals surface area contributed by atoms with E-state index in [-0.39, 0.29) is 18.7 Å². The fourth-order valence-corrected chi connectivity index (χ4v) is 3.01. The molecule has 0 atom stereocenters. The Morgan fingerprint density at radius 3 is 2.68 bits per heavy atom. The van der Waals surface area contributed by atoms with Crippen molar-refractivity contribution >= 4 is 11.3 Å². The molecule has 0 N–H and O–H groups in total. The fraction of sp³-hybridized carbons (Fsp3) is 0.412. The monoisotopic (exact) mass is 322 g/mol. The molecule has 22 heavy (non-hydrogen) atoms. The van der Waals surface area contributed by atoms with Gasteiger partial charge in [0.2, 0.25) is 0 Å². The minimum absolute atomic E-state index is 0.214. The van der Waals surface area contributed by atoms with Crippen LogP contribution in [-0.4, -0.2) is 25.1 Å². The van der Waals surface area contributed by atoms with Crippen LogP contribution >= 0.6 is 11.3 Å². The van der Waals surface area contributed by atoms with Gasteiger partial charge in [-0.05, 0) is 24.4 Å². The molecule has 0 saturated carbocycles. The molecule has 1 saturated heterocycles. The van der Waals surface area contributed by atoms with Gasteiger partial charge >= 0.3 is 0 Å². The topological polar surface area (TPSA) is 27.7 Å². The summed E-state index contributed by atoms with van der Waals surface area (Å²) in [7, 11) is 0. The van der Waals surface area contributed by atoms with Crippen molar-refractivity contribution in [2.24, 2.45) is 0 Å². The Morgan fingerprint density at radius 1 is 1.23 bits per heavy atom. The molecule has 3 nitrogen and oxygen atoms in total. The summed E-state index contributed by atoms with van der Waals surface area (Å²) in [6.07, 6.45) is 0.518. The summed E-state index contributed by atoms with van der Waals surface area (Å²) in [6, 6.07) is 10.7. The van der Waals surface area contributed by atoms with Crippen LogP contribution in [0.25, 0.3) is 0 Å². The summed E-state index contributed by atoms with van der Waals surface area (Å²) in [6.45, 7) is 3.02. The number of thiophene rings is 1. The number of benzene rings is 1. The van der Waals surface area contributed by atoms with Gasteiger partial charge in [0, 0.05) is 16.9 Å². The third-order valence-corrected chi connectivity index (χ3v) is 4.53. The standard InChI is InChI=1S/C17H19FO3S/c1-17(21-10-13-5-2-3-7-15(13)18)11-19-16(20-12-17)9-14-6-4-8-22-14/h2-8,16H,9-12H2,1H3. The second-order valence-corrected chi connectivity index (χ2v) is 6.70. The Labute approximate surface area is 133 Å². The number of hydrogen-bond donors (Lipinski definition) is 0. The molecule has 118 valence electrons. The van der Waals surface area contributed by atoms with Gasteiger partial charge in [-0.3, -0.25) is 0 Å². The van der Waals surface area contributed by atoms with Crippen LogP contribution in [-0.2, 0) is 27.2 Å². The van der Waals surface area contributed by atoms with E-state index in [0.717, 1.165) is 6.42 Å². The van der Waals surface area contributed by atoms with Crippen LogP contribution in [0.5, 0.6) is 0 Å². The molecular formula is C17H19FO3S. The largest absolute Gasteiger partial charge is 0.366 e. The smallest absolute Gasteiger partial charge is 0.162 e. The molecule has 0 unspecified atom stereocenters. The highest BCUT2D eigenvalue weighted by Crippen LogP contribution is 2.24. The zero-order valence-corrected chi connectivity index (χ0v) is 13.3. The van der Waals surface area contributed by atoms with Crippen LogP contribution in [0.2, 0.25) is 0 Å². The third-order valence-electron chi connectivity index (χ3n) is 3.63. The summed E-state index contributed by atoms with van der Waals surface area (Å²) >= 11 is 1.69. The zero-order chi connectivity index (χ0) is 15.4. The van der Waals surface area contributed by atoms with E-state index in [4.69, 9.17) is 14.2 Å². The number of rotatable bonds is 5. The first-order valence-electron chi connectivity index (χ1n) is 7.28. The van der Waals surface area contributed by atoms with Gasteiger partial charge in [-0.25, -0.2) is 4.39 Å². The van der Waals surface area contributed by atoms with Crippen LogP contribution < -0.4 is 0 Å². The van der Waals surface area contributed by atoms with Crippen LogP contribution in [0.3, 0.4) is 0 Å². The van der Waals surface area contributed by atoms with Crippen molar-refractivity contribution in [2.45, 2.75) is 31.8 Å². The Morgan fingerprint density at radius 2 is 2.00 bits per heavy atom. The van der Waals surface area contributed by atoms with Crippen molar-refractivity contribution in [1.82, 2.24) is 0 Å². The predicted octanol–water partition coefficient (Wildman–Crippen LogP) is 3.78. The second kappa shape index (κ2) is 6.87. The molecule has 0 amide bonds. The molecule has 1 aromatic carbocycles. The number of ether oxygens (including phenoxy) is 3. The lowest BCUT2D eigenvalue weighted by atomic mass is 10.1. The first-order chi connectivity index (χ1) is 10.6. The molecule has 0 radical (unpaired) electrons. The lowest BCUT2D eigenvalue weighted by Crippen LogP contribution is -2.47. The minimum Gasteiger partial charge on any atom is -0.366 e. The molecular weight excluding hydrogens is 303 g/mol. The van der Waals surface area contributed by atoms with Gasteiger partial charge in [0.1, 0.15) is 11.4 Å². The van der Waals surface area contributed by atoms with E-state index in [1.54, 1.807) is 29.5 Å². The summed E-state index contributed by atoms with van der Waals surface area (Å²) in [5.74, 6) is -0.251. The average molecular weight is 322 g/mol. The van der Waals surface area contributed by atoms with E-state index in [1.165, 1.54) is 10.9 Å². The summed E-state index contributed by atoms with van der Waals surface area (Å²) < 4.78 is 30.9. The Hall–Kier alpha value is -1.27. The summed E-state index contributed by atoms with van der Waals surface area (Å²) in [4.78, 5) is 1.24. The van der Waals surface area contributed by atoms with Crippen molar-refractivity contribution < 1.29 is 18.6 Å². The highest BCUT2D eigenvalue weighted by Gasteiger charge is 2.34. The molecule has 1 aromatic heterocycles. The van der Waals surface area contributed by atoms with E-state index in [9.17, 15) is 4.39 Å². The van der Waals surface area contributed by atoms with Crippen LogP contribution in [0, 0.1) is 5.82 Å². The van der Waals surface area contributed by atoms with E-state index in [0.29, 0.717) is 18.8 Å². The zero-order valence-electron chi connectivity index (χ0n) is 12.5. The van der Waals surface area contributed by atoms with Gasteiger partial charge in [-0.1, -0.05) is 24.3 Å². The van der Waals surface area contributed by atoms with Gasteiger partial charge in [0.05, 0.1) is 19.8 Å². The molecule has 2 heterocycles. The predicted molar refractivity (Wildman–Crippen MR) is 83.3 cm³/mol. The van der Waals surface area contributed by atoms with Crippen LogP contribution in [0.4, 0.5) is 4.39 Å². The molecule has 0 aliphatic carbocycles. The van der Waals surface area contributed by atoms with Gasteiger partial charge in [0.25, 0.3) is 0 Å². The van der Waals surface area contributed by atoms with E-state index in [1.807, 2.05) is 18.4 Å². The number of hydrogen-bond acceptors (Lipinski definition) is 4. The van der Waals surface area contributed by atoms with Crippen molar-refractivity contribution in [3.63, 3.8) is 0 Å². The SMILES string of the molecule is CC1(OCc2ccccc2F)COC(Cc2cccs2)OC1. The van der Waals surface area contributed by atoms with Crippen molar-refractivity contribution in [2.75, 3.05) is 13.2 Å². The van der Waals surface area contributed by atoms with Gasteiger partial charge in [-0.15, -0.1) is 11.3 Å². The third kappa shape index (κ3) is 3.93. The first-order valence-corrected chi connectivity index (χ1v) is 8.16. The Balaban J connectivity index is 1.50. The van der Waals surface area contributed by atoms with Gasteiger partial charge < -0.3 is 14.2 Å². The molecule has 5 heteroatoms. The van der Waals surface area contributed by atoms with E-state index < -0.39 is 5.60 Å². The lowest BCUT2D eigenvalue weighted by molar-refractivity contribution is -0.262. The van der Waals surface area contributed by atoms with Gasteiger partial charge in [0.15, 0.2) is 6.29 Å². The average Bonchev–Trinajstić information content (AvgIpc) is 3.02. The number of halogens is 1. The fourth-order valence-electron chi connectivity index (χ4n) is 2.29. The van der Waals surface area contributed by atoms with Crippen LogP contribution in [0.15, 0.2) is 41.8 Å². The van der Waals surface area contributed by atoms with Crippen molar-refractivity contribution in [1.29, 1.82) is 0 Å². The molecule has 1 aliphatic rings. The molecule has 3 rings (SSSR count). The molecule has 0 bridgehead atoms. The second-order valence-electron chi connectivity index (χ2n) is 5.67. The molecule has 2 aromatic rings.